The second-order valence-electron chi connectivity index (χ2n) is 3.87. The predicted molar refractivity (Wildman–Crippen MR) is 80.3 cm³/mol. The molecular formula is C13H15BrN4O. The fourth-order valence-corrected chi connectivity index (χ4v) is 2.37. The van der Waals surface area contributed by atoms with Crippen LogP contribution in [0.5, 0.6) is 5.75 Å². The summed E-state index contributed by atoms with van der Waals surface area (Å²) in [5.74, 6) is 2.38. The molecule has 0 atom stereocenters. The monoisotopic (exact) mass is 322 g/mol. The van der Waals surface area contributed by atoms with Crippen molar-refractivity contribution in [2.45, 2.75) is 0 Å². The zero-order chi connectivity index (χ0) is 13.8. The Morgan fingerprint density at radius 1 is 1.21 bits per heavy atom. The molecule has 0 fully saturated rings. The van der Waals surface area contributed by atoms with Crippen molar-refractivity contribution in [3.63, 3.8) is 0 Å². The molecule has 0 saturated heterocycles. The summed E-state index contributed by atoms with van der Waals surface area (Å²) in [5.41, 5.74) is 1.02. The minimum atomic E-state index is 0.755. The van der Waals surface area contributed by atoms with Crippen LogP contribution in [0, 0.1) is 0 Å². The fraction of sp³-hybridized carbons (Fsp3) is 0.231. The first-order valence-corrected chi connectivity index (χ1v) is 6.52. The second kappa shape index (κ2) is 5.88. The van der Waals surface area contributed by atoms with Crippen LogP contribution in [-0.2, 0) is 0 Å². The molecule has 2 aromatic rings. The van der Waals surface area contributed by atoms with E-state index in [4.69, 9.17) is 4.74 Å². The SMILES string of the molecule is CNc1ncnc(N(C)c2ccc(OC)cc2)c1Br. The molecule has 100 valence electrons. The van der Waals surface area contributed by atoms with E-state index in [-0.39, 0.29) is 0 Å². The molecule has 0 aliphatic carbocycles. The lowest BCUT2D eigenvalue weighted by Gasteiger charge is -2.20. The van der Waals surface area contributed by atoms with Crippen LogP contribution in [0.4, 0.5) is 17.3 Å². The Labute approximate surface area is 120 Å². The van der Waals surface area contributed by atoms with E-state index in [1.165, 1.54) is 6.33 Å². The lowest BCUT2D eigenvalue weighted by Crippen LogP contribution is -2.13. The van der Waals surface area contributed by atoms with Crippen molar-refractivity contribution >= 4 is 33.3 Å². The van der Waals surface area contributed by atoms with Crippen LogP contribution in [-0.4, -0.2) is 31.2 Å². The van der Waals surface area contributed by atoms with E-state index < -0.39 is 0 Å². The molecule has 0 saturated carbocycles. The lowest BCUT2D eigenvalue weighted by molar-refractivity contribution is 0.415. The van der Waals surface area contributed by atoms with Gasteiger partial charge < -0.3 is 15.0 Å². The number of hydrogen-bond acceptors (Lipinski definition) is 5. The number of nitrogens with one attached hydrogen (secondary N) is 1. The van der Waals surface area contributed by atoms with Gasteiger partial charge in [-0.25, -0.2) is 9.97 Å². The summed E-state index contributed by atoms with van der Waals surface area (Å²) in [6, 6.07) is 7.79. The van der Waals surface area contributed by atoms with Crippen molar-refractivity contribution in [2.24, 2.45) is 0 Å². The highest BCUT2D eigenvalue weighted by Gasteiger charge is 2.13. The molecule has 19 heavy (non-hydrogen) atoms. The zero-order valence-corrected chi connectivity index (χ0v) is 12.6. The van der Waals surface area contributed by atoms with Crippen LogP contribution in [0.15, 0.2) is 35.1 Å². The van der Waals surface area contributed by atoms with E-state index in [0.717, 1.165) is 27.5 Å². The third kappa shape index (κ3) is 2.78. The van der Waals surface area contributed by atoms with Crippen LogP contribution < -0.4 is 15.0 Å². The number of halogens is 1. The average Bonchev–Trinajstić information content (AvgIpc) is 2.47. The quantitative estimate of drug-likeness (QED) is 0.937. The van der Waals surface area contributed by atoms with Crippen molar-refractivity contribution in [3.8, 4) is 5.75 Å². The summed E-state index contributed by atoms with van der Waals surface area (Å²) in [4.78, 5) is 10.4. The summed E-state index contributed by atoms with van der Waals surface area (Å²) in [7, 11) is 5.43. The van der Waals surface area contributed by atoms with Gasteiger partial charge in [0.25, 0.3) is 0 Å². The molecule has 0 amide bonds. The number of anilines is 3. The molecule has 6 heteroatoms. The normalized spacial score (nSPS) is 10.1. The highest BCUT2D eigenvalue weighted by molar-refractivity contribution is 9.10. The Balaban J connectivity index is 2.35. The number of ether oxygens (including phenoxy) is 1. The molecule has 1 aromatic heterocycles. The van der Waals surface area contributed by atoms with Gasteiger partial charge in [-0.3, -0.25) is 0 Å². The fourth-order valence-electron chi connectivity index (χ4n) is 1.70. The van der Waals surface area contributed by atoms with Gasteiger partial charge in [-0.2, -0.15) is 0 Å². The highest BCUT2D eigenvalue weighted by Crippen LogP contribution is 2.32. The molecule has 0 unspecified atom stereocenters. The standard InChI is InChI=1S/C13H15BrN4O/c1-15-12-11(14)13(17-8-16-12)18(2)9-4-6-10(19-3)7-5-9/h4-8H,1-3H3,(H,15,16,17). The minimum absolute atomic E-state index is 0.755. The Hall–Kier alpha value is -1.82. The number of hydrogen-bond donors (Lipinski definition) is 1. The summed E-state index contributed by atoms with van der Waals surface area (Å²) >= 11 is 3.51. The van der Waals surface area contributed by atoms with Crippen molar-refractivity contribution in [2.75, 3.05) is 31.4 Å². The third-order valence-electron chi connectivity index (χ3n) is 2.79. The van der Waals surface area contributed by atoms with Gasteiger partial charge in [0.05, 0.1) is 7.11 Å². The molecule has 1 N–H and O–H groups in total. The molecule has 0 spiro atoms. The van der Waals surface area contributed by atoms with Crippen molar-refractivity contribution < 1.29 is 4.74 Å². The summed E-state index contributed by atoms with van der Waals surface area (Å²) in [5, 5.41) is 3.02. The van der Waals surface area contributed by atoms with Crippen LogP contribution >= 0.6 is 15.9 Å². The van der Waals surface area contributed by atoms with Crippen molar-refractivity contribution in [1.82, 2.24) is 9.97 Å². The second-order valence-corrected chi connectivity index (χ2v) is 4.66. The Kier molecular flexibility index (Phi) is 4.21. The Bertz CT molecular complexity index is 559. The third-order valence-corrected chi connectivity index (χ3v) is 3.52. The first-order chi connectivity index (χ1) is 9.17. The van der Waals surface area contributed by atoms with Crippen molar-refractivity contribution in [3.05, 3.63) is 35.1 Å². The van der Waals surface area contributed by atoms with Crippen LogP contribution in [0.25, 0.3) is 0 Å². The van der Waals surface area contributed by atoms with Gasteiger partial charge in [-0.05, 0) is 40.2 Å². The molecule has 1 aromatic carbocycles. The molecule has 5 nitrogen and oxygen atoms in total. The first-order valence-electron chi connectivity index (χ1n) is 5.73. The lowest BCUT2D eigenvalue weighted by atomic mass is 10.3. The largest absolute Gasteiger partial charge is 0.497 e. The number of methoxy groups -OCH3 is 1. The molecule has 0 radical (unpaired) electrons. The molecule has 2 rings (SSSR count). The van der Waals surface area contributed by atoms with E-state index in [1.807, 2.05) is 43.3 Å². The van der Waals surface area contributed by atoms with E-state index >= 15 is 0 Å². The molecule has 0 aliphatic rings. The van der Waals surface area contributed by atoms with Gasteiger partial charge in [0.15, 0.2) is 5.82 Å². The first kappa shape index (κ1) is 13.6. The van der Waals surface area contributed by atoms with Crippen LogP contribution in [0.3, 0.4) is 0 Å². The van der Waals surface area contributed by atoms with Gasteiger partial charge in [0.2, 0.25) is 0 Å². The maximum Gasteiger partial charge on any atom is 0.152 e. The summed E-state index contributed by atoms with van der Waals surface area (Å²) < 4.78 is 5.98. The number of benzene rings is 1. The summed E-state index contributed by atoms with van der Waals surface area (Å²) in [6.07, 6.45) is 1.53. The molecule has 0 bridgehead atoms. The van der Waals surface area contributed by atoms with Gasteiger partial charge in [-0.15, -0.1) is 0 Å². The van der Waals surface area contributed by atoms with E-state index in [2.05, 4.69) is 31.2 Å². The predicted octanol–water partition coefficient (Wildman–Crippen LogP) is 3.06. The van der Waals surface area contributed by atoms with Gasteiger partial charge in [0, 0.05) is 19.8 Å². The number of aromatic nitrogens is 2. The molecular weight excluding hydrogens is 308 g/mol. The smallest absolute Gasteiger partial charge is 0.152 e. The Morgan fingerprint density at radius 3 is 2.47 bits per heavy atom. The Morgan fingerprint density at radius 2 is 1.89 bits per heavy atom. The molecule has 1 heterocycles. The van der Waals surface area contributed by atoms with Gasteiger partial charge in [-0.1, -0.05) is 0 Å². The van der Waals surface area contributed by atoms with E-state index in [9.17, 15) is 0 Å². The van der Waals surface area contributed by atoms with Gasteiger partial charge in [0.1, 0.15) is 22.4 Å². The number of rotatable bonds is 4. The summed E-state index contributed by atoms with van der Waals surface area (Å²) in [6.45, 7) is 0. The number of nitrogens with zero attached hydrogens (tertiary/aromatic N) is 3. The van der Waals surface area contributed by atoms with Crippen LogP contribution in [0.1, 0.15) is 0 Å². The average molecular weight is 323 g/mol. The zero-order valence-electron chi connectivity index (χ0n) is 11.0. The van der Waals surface area contributed by atoms with E-state index in [0.29, 0.717) is 0 Å². The maximum absolute atomic E-state index is 5.15. The van der Waals surface area contributed by atoms with Crippen molar-refractivity contribution in [1.29, 1.82) is 0 Å². The topological polar surface area (TPSA) is 50.3 Å². The van der Waals surface area contributed by atoms with Gasteiger partial charge >= 0.3 is 0 Å². The van der Waals surface area contributed by atoms with Crippen LogP contribution in [0.2, 0.25) is 0 Å². The minimum Gasteiger partial charge on any atom is -0.497 e. The highest BCUT2D eigenvalue weighted by atomic mass is 79.9. The molecule has 0 aliphatic heterocycles. The maximum atomic E-state index is 5.15. The van der Waals surface area contributed by atoms with E-state index in [1.54, 1.807) is 7.11 Å².